The Morgan fingerprint density at radius 2 is 2.17 bits per heavy atom. The number of Topliss-reactive ketones (excluding diaryl/α,β-unsaturated/α-hetero) is 1. The van der Waals surface area contributed by atoms with Crippen LogP contribution in [-0.4, -0.2) is 5.78 Å². The van der Waals surface area contributed by atoms with E-state index in [-0.39, 0.29) is 11.6 Å². The van der Waals surface area contributed by atoms with Crippen LogP contribution in [0, 0.1) is 11.7 Å². The molecule has 3 heteroatoms. The fourth-order valence-electron chi connectivity index (χ4n) is 2.16. The van der Waals surface area contributed by atoms with Gasteiger partial charge in [0.2, 0.25) is 0 Å². The third-order valence-corrected chi connectivity index (χ3v) is 4.23. The minimum absolute atomic E-state index is 0.178. The molecule has 0 saturated carbocycles. The van der Waals surface area contributed by atoms with Crippen LogP contribution in [0.15, 0.2) is 24.3 Å². The number of halogens is 1. The van der Waals surface area contributed by atoms with E-state index in [1.165, 1.54) is 23.5 Å². The quantitative estimate of drug-likeness (QED) is 0.691. The van der Waals surface area contributed by atoms with Crippen molar-refractivity contribution in [2.45, 2.75) is 33.1 Å². The SMILES string of the molecule is CCCC(C)CC(=O)c1cc2cc(F)ccc2s1. The standard InChI is InChI=1S/C15H17FOS/c1-3-4-10(2)7-13(17)15-9-11-8-12(16)5-6-14(11)18-15/h5-6,8-10H,3-4,7H2,1-2H3. The molecule has 2 rings (SSSR count). The maximum atomic E-state index is 13.1. The van der Waals surface area contributed by atoms with Crippen molar-refractivity contribution in [2.24, 2.45) is 5.92 Å². The molecule has 1 atom stereocenters. The van der Waals surface area contributed by atoms with Gasteiger partial charge >= 0.3 is 0 Å². The van der Waals surface area contributed by atoms with E-state index in [9.17, 15) is 9.18 Å². The fraction of sp³-hybridized carbons (Fsp3) is 0.400. The van der Waals surface area contributed by atoms with Gasteiger partial charge in [0.25, 0.3) is 0 Å². The summed E-state index contributed by atoms with van der Waals surface area (Å²) in [5, 5.41) is 0.825. The molecule has 1 heterocycles. The Morgan fingerprint density at radius 3 is 2.89 bits per heavy atom. The molecule has 1 nitrogen and oxygen atoms in total. The summed E-state index contributed by atoms with van der Waals surface area (Å²) in [5.74, 6) is 0.348. The average molecular weight is 264 g/mol. The van der Waals surface area contributed by atoms with Gasteiger partial charge in [0, 0.05) is 11.1 Å². The fourth-order valence-corrected chi connectivity index (χ4v) is 3.16. The summed E-state index contributed by atoms with van der Waals surface area (Å²) in [4.78, 5) is 12.8. The molecule has 0 aliphatic carbocycles. The van der Waals surface area contributed by atoms with Crippen LogP contribution in [-0.2, 0) is 0 Å². The molecule has 0 amide bonds. The van der Waals surface area contributed by atoms with Gasteiger partial charge in [-0.25, -0.2) is 4.39 Å². The average Bonchev–Trinajstić information content (AvgIpc) is 2.72. The lowest BCUT2D eigenvalue weighted by Gasteiger charge is -2.07. The third-order valence-electron chi connectivity index (χ3n) is 3.07. The lowest BCUT2D eigenvalue weighted by Crippen LogP contribution is -2.04. The second-order valence-electron chi connectivity index (χ2n) is 4.81. The topological polar surface area (TPSA) is 17.1 Å². The lowest BCUT2D eigenvalue weighted by atomic mass is 9.99. The molecule has 1 aromatic carbocycles. The van der Waals surface area contributed by atoms with Crippen LogP contribution in [0.1, 0.15) is 42.8 Å². The molecule has 0 radical (unpaired) electrons. The zero-order chi connectivity index (χ0) is 13.1. The zero-order valence-electron chi connectivity index (χ0n) is 10.7. The van der Waals surface area contributed by atoms with Crippen LogP contribution < -0.4 is 0 Å². The van der Waals surface area contributed by atoms with Gasteiger partial charge in [0.15, 0.2) is 5.78 Å². The predicted octanol–water partition coefficient (Wildman–Crippen LogP) is 5.05. The molecule has 0 saturated heterocycles. The lowest BCUT2D eigenvalue weighted by molar-refractivity contribution is 0.0966. The summed E-state index contributed by atoms with van der Waals surface area (Å²) >= 11 is 1.46. The Labute approximate surface area is 111 Å². The van der Waals surface area contributed by atoms with Crippen LogP contribution in [0.4, 0.5) is 4.39 Å². The molecule has 0 bridgehead atoms. The summed E-state index contributed by atoms with van der Waals surface area (Å²) in [6, 6.07) is 6.47. The van der Waals surface area contributed by atoms with Crippen molar-refractivity contribution in [1.29, 1.82) is 0 Å². The number of thiophene rings is 1. The maximum absolute atomic E-state index is 13.1. The van der Waals surface area contributed by atoms with E-state index in [1.807, 2.05) is 6.07 Å². The number of ketones is 1. The summed E-state index contributed by atoms with van der Waals surface area (Å²) in [7, 11) is 0. The first-order valence-corrected chi connectivity index (χ1v) is 7.14. The number of rotatable bonds is 5. The third kappa shape index (κ3) is 2.96. The second-order valence-corrected chi connectivity index (χ2v) is 5.90. The number of carbonyl (C=O) groups is 1. The molecular weight excluding hydrogens is 247 g/mol. The first-order chi connectivity index (χ1) is 8.60. The molecule has 0 spiro atoms. The summed E-state index contributed by atoms with van der Waals surface area (Å²) in [6.45, 7) is 4.23. The van der Waals surface area contributed by atoms with Crippen LogP contribution in [0.5, 0.6) is 0 Å². The molecule has 18 heavy (non-hydrogen) atoms. The maximum Gasteiger partial charge on any atom is 0.173 e. The molecule has 1 aromatic heterocycles. The predicted molar refractivity (Wildman–Crippen MR) is 74.8 cm³/mol. The summed E-state index contributed by atoms with van der Waals surface area (Å²) < 4.78 is 14.1. The molecular formula is C15H17FOS. The molecule has 0 aliphatic heterocycles. The Balaban J connectivity index is 2.18. The van der Waals surface area contributed by atoms with Crippen molar-refractivity contribution in [2.75, 3.05) is 0 Å². The largest absolute Gasteiger partial charge is 0.293 e. The van der Waals surface area contributed by atoms with Crippen molar-refractivity contribution >= 4 is 27.2 Å². The van der Waals surface area contributed by atoms with Crippen molar-refractivity contribution in [3.8, 4) is 0 Å². The molecule has 0 fully saturated rings. The molecule has 96 valence electrons. The Morgan fingerprint density at radius 1 is 1.39 bits per heavy atom. The number of carbonyl (C=O) groups excluding carboxylic acids is 1. The van der Waals surface area contributed by atoms with Crippen LogP contribution in [0.2, 0.25) is 0 Å². The molecule has 2 aromatic rings. The number of hydrogen-bond acceptors (Lipinski definition) is 2. The monoisotopic (exact) mass is 264 g/mol. The van der Waals surface area contributed by atoms with Gasteiger partial charge in [-0.2, -0.15) is 0 Å². The molecule has 0 N–H and O–H groups in total. The van der Waals surface area contributed by atoms with E-state index in [4.69, 9.17) is 0 Å². The highest BCUT2D eigenvalue weighted by Crippen LogP contribution is 2.28. The van der Waals surface area contributed by atoms with E-state index in [1.54, 1.807) is 6.07 Å². The highest BCUT2D eigenvalue weighted by atomic mass is 32.1. The smallest absolute Gasteiger partial charge is 0.173 e. The number of fused-ring (bicyclic) bond motifs is 1. The first kappa shape index (κ1) is 13.2. The number of benzene rings is 1. The van der Waals surface area contributed by atoms with Crippen LogP contribution in [0.25, 0.3) is 10.1 Å². The van der Waals surface area contributed by atoms with Gasteiger partial charge in [-0.1, -0.05) is 26.7 Å². The normalized spacial score (nSPS) is 12.8. The van der Waals surface area contributed by atoms with Gasteiger partial charge < -0.3 is 0 Å². The Hall–Kier alpha value is -1.22. The van der Waals surface area contributed by atoms with E-state index in [2.05, 4.69) is 13.8 Å². The van der Waals surface area contributed by atoms with Gasteiger partial charge in [0.05, 0.1) is 4.88 Å². The van der Waals surface area contributed by atoms with Crippen LogP contribution in [0.3, 0.4) is 0 Å². The summed E-state index contributed by atoms with van der Waals surface area (Å²) in [5.41, 5.74) is 0. The van der Waals surface area contributed by atoms with E-state index >= 15 is 0 Å². The van der Waals surface area contributed by atoms with Crippen molar-refractivity contribution in [1.82, 2.24) is 0 Å². The molecule has 0 aliphatic rings. The molecule has 1 unspecified atom stereocenters. The van der Waals surface area contributed by atoms with Crippen molar-refractivity contribution < 1.29 is 9.18 Å². The van der Waals surface area contributed by atoms with E-state index < -0.39 is 0 Å². The second kappa shape index (κ2) is 5.61. The van der Waals surface area contributed by atoms with Gasteiger partial charge in [-0.05, 0) is 35.6 Å². The minimum atomic E-state index is -0.251. The first-order valence-electron chi connectivity index (χ1n) is 6.32. The highest BCUT2D eigenvalue weighted by Gasteiger charge is 2.13. The van der Waals surface area contributed by atoms with E-state index in [0.29, 0.717) is 12.3 Å². The van der Waals surface area contributed by atoms with Gasteiger partial charge in [-0.15, -0.1) is 11.3 Å². The van der Waals surface area contributed by atoms with Crippen LogP contribution >= 0.6 is 11.3 Å². The Kier molecular flexibility index (Phi) is 4.12. The van der Waals surface area contributed by atoms with Gasteiger partial charge in [0.1, 0.15) is 5.82 Å². The van der Waals surface area contributed by atoms with Crippen molar-refractivity contribution in [3.63, 3.8) is 0 Å². The van der Waals surface area contributed by atoms with Gasteiger partial charge in [-0.3, -0.25) is 4.79 Å². The summed E-state index contributed by atoms with van der Waals surface area (Å²) in [6.07, 6.45) is 2.76. The Bertz CT molecular complexity index is 559. The van der Waals surface area contributed by atoms with E-state index in [0.717, 1.165) is 27.8 Å². The minimum Gasteiger partial charge on any atom is -0.293 e. The highest BCUT2D eigenvalue weighted by molar-refractivity contribution is 7.20. The zero-order valence-corrected chi connectivity index (χ0v) is 11.5. The van der Waals surface area contributed by atoms with Crippen molar-refractivity contribution in [3.05, 3.63) is 35.0 Å². The number of hydrogen-bond donors (Lipinski definition) is 0.